The predicted octanol–water partition coefficient (Wildman–Crippen LogP) is 4.91. The van der Waals surface area contributed by atoms with Crippen molar-refractivity contribution in [3.8, 4) is 0 Å². The van der Waals surface area contributed by atoms with Crippen molar-refractivity contribution in [3.63, 3.8) is 0 Å². The molecule has 1 aromatic heterocycles. The average Bonchev–Trinajstić information content (AvgIpc) is 2.74. The van der Waals surface area contributed by atoms with Gasteiger partial charge in [-0.2, -0.15) is 0 Å². The van der Waals surface area contributed by atoms with Gasteiger partial charge < -0.3 is 15.5 Å². The summed E-state index contributed by atoms with van der Waals surface area (Å²) in [5, 5.41) is 6.24. The molecule has 2 aromatic carbocycles. The minimum atomic E-state index is -0.117. The van der Waals surface area contributed by atoms with Crippen LogP contribution in [0.5, 0.6) is 0 Å². The molecule has 0 radical (unpaired) electrons. The van der Waals surface area contributed by atoms with Gasteiger partial charge in [0.2, 0.25) is 0 Å². The van der Waals surface area contributed by atoms with Crippen molar-refractivity contribution in [2.75, 3.05) is 23.3 Å². The third kappa shape index (κ3) is 5.57. The Kier molecular flexibility index (Phi) is 6.85. The van der Waals surface area contributed by atoms with Gasteiger partial charge in [-0.25, -0.2) is 4.98 Å². The fraction of sp³-hybridized carbons (Fsp3) is 0.250. The van der Waals surface area contributed by atoms with Crippen LogP contribution in [0.25, 0.3) is 0 Å². The lowest BCUT2D eigenvalue weighted by Crippen LogP contribution is -2.23. The van der Waals surface area contributed by atoms with Crippen LogP contribution in [0.1, 0.15) is 35.3 Å². The third-order valence-electron chi connectivity index (χ3n) is 4.83. The fourth-order valence-corrected chi connectivity index (χ4v) is 3.24. The maximum atomic E-state index is 12.5. The molecule has 0 bridgehead atoms. The van der Waals surface area contributed by atoms with Gasteiger partial charge in [0.25, 0.3) is 5.91 Å². The number of anilines is 3. The molecular formula is C24H28N4O. The van der Waals surface area contributed by atoms with Gasteiger partial charge in [0, 0.05) is 42.8 Å². The van der Waals surface area contributed by atoms with Crippen molar-refractivity contribution in [3.05, 3.63) is 83.6 Å². The topological polar surface area (TPSA) is 57.3 Å². The molecule has 150 valence electrons. The Bertz CT molecular complexity index is 949. The number of pyridine rings is 1. The summed E-state index contributed by atoms with van der Waals surface area (Å²) in [4.78, 5) is 19.1. The molecule has 3 rings (SSSR count). The minimum Gasteiger partial charge on any atom is -0.372 e. The van der Waals surface area contributed by atoms with E-state index < -0.39 is 0 Å². The Morgan fingerprint density at radius 2 is 1.76 bits per heavy atom. The Balaban J connectivity index is 1.63. The number of rotatable bonds is 8. The van der Waals surface area contributed by atoms with Gasteiger partial charge in [0.1, 0.15) is 5.82 Å². The summed E-state index contributed by atoms with van der Waals surface area (Å²) in [5.74, 6) is 0.526. The first kappa shape index (κ1) is 20.4. The van der Waals surface area contributed by atoms with Crippen molar-refractivity contribution >= 4 is 23.1 Å². The average molecular weight is 389 g/mol. The van der Waals surface area contributed by atoms with Crippen LogP contribution in [0, 0.1) is 6.92 Å². The van der Waals surface area contributed by atoms with E-state index in [0.717, 1.165) is 24.3 Å². The lowest BCUT2D eigenvalue weighted by molar-refractivity contribution is 0.0951. The number of hydrogen-bond donors (Lipinski definition) is 2. The number of carbonyl (C=O) groups excluding carboxylic acids is 1. The maximum Gasteiger partial charge on any atom is 0.251 e. The molecule has 0 aliphatic rings. The summed E-state index contributed by atoms with van der Waals surface area (Å²) in [7, 11) is 0. The molecule has 0 saturated carbocycles. The zero-order valence-corrected chi connectivity index (χ0v) is 17.3. The first-order chi connectivity index (χ1) is 14.1. The van der Waals surface area contributed by atoms with Crippen LogP contribution in [0.2, 0.25) is 0 Å². The van der Waals surface area contributed by atoms with E-state index in [-0.39, 0.29) is 5.91 Å². The summed E-state index contributed by atoms with van der Waals surface area (Å²) < 4.78 is 0. The lowest BCUT2D eigenvalue weighted by Gasteiger charge is -2.21. The number of nitrogens with zero attached hydrogens (tertiary/aromatic N) is 2. The lowest BCUT2D eigenvalue weighted by atomic mass is 10.1. The van der Waals surface area contributed by atoms with Gasteiger partial charge in [-0.15, -0.1) is 0 Å². The molecule has 0 saturated heterocycles. The van der Waals surface area contributed by atoms with Crippen LogP contribution in [0.3, 0.4) is 0 Å². The molecule has 0 atom stereocenters. The first-order valence-electron chi connectivity index (χ1n) is 10.0. The van der Waals surface area contributed by atoms with E-state index in [9.17, 15) is 4.79 Å². The number of nitrogens with one attached hydrogen (secondary N) is 2. The molecule has 0 spiro atoms. The van der Waals surface area contributed by atoms with Crippen molar-refractivity contribution in [2.24, 2.45) is 0 Å². The molecule has 0 fully saturated rings. The number of carbonyl (C=O) groups is 1. The molecule has 5 nitrogen and oxygen atoms in total. The normalized spacial score (nSPS) is 10.4. The van der Waals surface area contributed by atoms with E-state index in [1.807, 2.05) is 37.3 Å². The van der Waals surface area contributed by atoms with Gasteiger partial charge in [0.05, 0.1) is 0 Å². The van der Waals surface area contributed by atoms with Crippen LogP contribution in [0.4, 0.5) is 17.2 Å². The molecule has 2 N–H and O–H groups in total. The summed E-state index contributed by atoms with van der Waals surface area (Å²) in [6.07, 6.45) is 1.65. The molecule has 1 amide bonds. The molecule has 29 heavy (non-hydrogen) atoms. The predicted molar refractivity (Wildman–Crippen MR) is 120 cm³/mol. The van der Waals surface area contributed by atoms with E-state index >= 15 is 0 Å². The Labute approximate surface area is 172 Å². The first-order valence-corrected chi connectivity index (χ1v) is 10.0. The summed E-state index contributed by atoms with van der Waals surface area (Å²) in [5.41, 5.74) is 4.97. The standard InChI is InChI=1S/C24H28N4O/c1-4-28(5-2)22-11-9-21(10-12-22)27-23-16-20(13-14-25-23)24(29)26-17-19-8-6-7-18(3)15-19/h6-16H,4-5,17H2,1-3H3,(H,25,27)(H,26,29). The second-order valence-corrected chi connectivity index (χ2v) is 6.95. The van der Waals surface area contributed by atoms with Gasteiger partial charge in [-0.05, 0) is 62.7 Å². The largest absolute Gasteiger partial charge is 0.372 e. The van der Waals surface area contributed by atoms with Crippen LogP contribution in [0.15, 0.2) is 66.9 Å². The number of benzene rings is 2. The zero-order chi connectivity index (χ0) is 20.6. The van der Waals surface area contributed by atoms with Crippen molar-refractivity contribution < 1.29 is 4.79 Å². The van der Waals surface area contributed by atoms with Gasteiger partial charge >= 0.3 is 0 Å². The molecule has 0 aliphatic carbocycles. The number of hydrogen-bond acceptors (Lipinski definition) is 4. The highest BCUT2D eigenvalue weighted by Crippen LogP contribution is 2.20. The molecule has 5 heteroatoms. The van der Waals surface area contributed by atoms with E-state index in [0.29, 0.717) is 17.9 Å². The number of amides is 1. The SMILES string of the molecule is CCN(CC)c1ccc(Nc2cc(C(=O)NCc3cccc(C)c3)ccn2)cc1. The Morgan fingerprint density at radius 1 is 1.00 bits per heavy atom. The zero-order valence-electron chi connectivity index (χ0n) is 17.3. The fourth-order valence-electron chi connectivity index (χ4n) is 3.24. The Morgan fingerprint density at radius 3 is 2.45 bits per heavy atom. The van der Waals surface area contributed by atoms with E-state index in [1.54, 1.807) is 18.3 Å². The monoisotopic (exact) mass is 388 g/mol. The minimum absolute atomic E-state index is 0.117. The van der Waals surface area contributed by atoms with Gasteiger partial charge in [0.15, 0.2) is 0 Å². The second kappa shape index (κ2) is 9.73. The summed E-state index contributed by atoms with van der Waals surface area (Å²) in [6.45, 7) is 8.79. The van der Waals surface area contributed by atoms with Crippen molar-refractivity contribution in [2.45, 2.75) is 27.3 Å². The highest BCUT2D eigenvalue weighted by atomic mass is 16.1. The van der Waals surface area contributed by atoms with E-state index in [4.69, 9.17) is 0 Å². The highest BCUT2D eigenvalue weighted by molar-refractivity contribution is 5.94. The number of aryl methyl sites for hydroxylation is 1. The van der Waals surface area contributed by atoms with Gasteiger partial charge in [-0.3, -0.25) is 4.79 Å². The molecule has 3 aromatic rings. The summed E-state index contributed by atoms with van der Waals surface area (Å²) in [6, 6.07) is 19.8. The van der Waals surface area contributed by atoms with Crippen LogP contribution >= 0.6 is 0 Å². The third-order valence-corrected chi connectivity index (χ3v) is 4.83. The highest BCUT2D eigenvalue weighted by Gasteiger charge is 2.08. The number of aromatic nitrogens is 1. The van der Waals surface area contributed by atoms with Crippen molar-refractivity contribution in [1.29, 1.82) is 0 Å². The van der Waals surface area contributed by atoms with Crippen LogP contribution in [-0.4, -0.2) is 24.0 Å². The maximum absolute atomic E-state index is 12.5. The van der Waals surface area contributed by atoms with E-state index in [2.05, 4.69) is 52.6 Å². The molecule has 0 unspecified atom stereocenters. The molecule has 1 heterocycles. The van der Waals surface area contributed by atoms with Crippen LogP contribution < -0.4 is 15.5 Å². The quantitative estimate of drug-likeness (QED) is 0.576. The summed E-state index contributed by atoms with van der Waals surface area (Å²) >= 11 is 0. The smallest absolute Gasteiger partial charge is 0.251 e. The molecule has 0 aliphatic heterocycles. The molecular weight excluding hydrogens is 360 g/mol. The Hall–Kier alpha value is -3.34. The second-order valence-electron chi connectivity index (χ2n) is 6.95. The van der Waals surface area contributed by atoms with Gasteiger partial charge in [-0.1, -0.05) is 29.8 Å². The van der Waals surface area contributed by atoms with Crippen molar-refractivity contribution in [1.82, 2.24) is 10.3 Å². The van der Waals surface area contributed by atoms with Crippen LogP contribution in [-0.2, 0) is 6.54 Å². The van der Waals surface area contributed by atoms with E-state index in [1.165, 1.54) is 11.3 Å².